The minimum Gasteiger partial charge on any atom is -0.389 e. The Morgan fingerprint density at radius 1 is 1.41 bits per heavy atom. The van der Waals surface area contributed by atoms with Crippen molar-refractivity contribution < 1.29 is 5.11 Å². The van der Waals surface area contributed by atoms with Gasteiger partial charge in [-0.2, -0.15) is 0 Å². The van der Waals surface area contributed by atoms with Crippen LogP contribution >= 0.6 is 15.9 Å². The van der Waals surface area contributed by atoms with Crippen molar-refractivity contribution in [1.29, 1.82) is 0 Å². The summed E-state index contributed by atoms with van der Waals surface area (Å²) in [5, 5.41) is 9.62. The molecule has 1 aliphatic heterocycles. The monoisotopic (exact) mass is 297 g/mol. The molecule has 1 aliphatic rings. The van der Waals surface area contributed by atoms with E-state index in [1.54, 1.807) is 6.92 Å². The third-order valence-electron chi connectivity index (χ3n) is 3.65. The van der Waals surface area contributed by atoms with Gasteiger partial charge < -0.3 is 10.0 Å². The highest BCUT2D eigenvalue weighted by atomic mass is 79.9. The maximum atomic E-state index is 9.62. The van der Waals surface area contributed by atoms with Gasteiger partial charge in [0.25, 0.3) is 0 Å². The van der Waals surface area contributed by atoms with Crippen molar-refractivity contribution in [3.05, 3.63) is 28.2 Å². The third kappa shape index (κ3) is 2.50. The smallest absolute Gasteiger partial charge is 0.0772 e. The molecule has 1 aromatic rings. The highest BCUT2D eigenvalue weighted by Crippen LogP contribution is 2.36. The average Bonchev–Trinajstić information content (AvgIpc) is 2.57. The van der Waals surface area contributed by atoms with Crippen molar-refractivity contribution in [2.75, 3.05) is 11.4 Å². The first-order chi connectivity index (χ1) is 7.92. The van der Waals surface area contributed by atoms with Crippen LogP contribution in [0.1, 0.15) is 45.3 Å². The standard InChI is InChI=1S/C14H20BrNO/c1-10(17)12-6-5-11(9-13(12)15)16-8-4-7-14(16,2)3/h5-6,9-10,17H,4,7-8H2,1-3H3/t10-/m1/s1. The van der Waals surface area contributed by atoms with Gasteiger partial charge in [0.1, 0.15) is 0 Å². The number of halogens is 1. The zero-order valence-electron chi connectivity index (χ0n) is 10.7. The van der Waals surface area contributed by atoms with Gasteiger partial charge in [-0.25, -0.2) is 0 Å². The van der Waals surface area contributed by atoms with Crippen LogP contribution in [0.5, 0.6) is 0 Å². The number of nitrogens with zero attached hydrogens (tertiary/aromatic N) is 1. The van der Waals surface area contributed by atoms with Crippen LogP contribution in [0.25, 0.3) is 0 Å². The fourth-order valence-corrected chi connectivity index (χ4v) is 3.31. The molecule has 0 radical (unpaired) electrons. The van der Waals surface area contributed by atoms with Gasteiger partial charge in [0, 0.05) is 22.2 Å². The molecule has 0 amide bonds. The lowest BCUT2D eigenvalue weighted by Gasteiger charge is -2.34. The van der Waals surface area contributed by atoms with Gasteiger partial charge in [0.2, 0.25) is 0 Å². The van der Waals surface area contributed by atoms with E-state index < -0.39 is 6.10 Å². The summed E-state index contributed by atoms with van der Waals surface area (Å²) in [6.45, 7) is 7.49. The van der Waals surface area contributed by atoms with E-state index in [1.165, 1.54) is 18.5 Å². The van der Waals surface area contributed by atoms with E-state index >= 15 is 0 Å². The van der Waals surface area contributed by atoms with E-state index in [0.29, 0.717) is 0 Å². The average molecular weight is 298 g/mol. The fraction of sp³-hybridized carbons (Fsp3) is 0.571. The van der Waals surface area contributed by atoms with E-state index in [2.05, 4.69) is 46.8 Å². The van der Waals surface area contributed by atoms with E-state index in [9.17, 15) is 5.11 Å². The lowest BCUT2D eigenvalue weighted by atomic mass is 10.0. The summed E-state index contributed by atoms with van der Waals surface area (Å²) in [5.41, 5.74) is 2.43. The van der Waals surface area contributed by atoms with Crippen LogP contribution in [0, 0.1) is 0 Å². The molecule has 0 bridgehead atoms. The van der Waals surface area contributed by atoms with Gasteiger partial charge in [-0.1, -0.05) is 22.0 Å². The lowest BCUT2D eigenvalue weighted by Crippen LogP contribution is -2.38. The predicted octanol–water partition coefficient (Wildman–Crippen LogP) is 3.88. The van der Waals surface area contributed by atoms with Crippen molar-refractivity contribution in [2.45, 2.75) is 45.3 Å². The molecule has 94 valence electrons. The molecule has 2 rings (SSSR count). The summed E-state index contributed by atoms with van der Waals surface area (Å²) < 4.78 is 0.993. The summed E-state index contributed by atoms with van der Waals surface area (Å²) in [6.07, 6.45) is 2.07. The molecule has 2 nitrogen and oxygen atoms in total. The predicted molar refractivity (Wildman–Crippen MR) is 75.4 cm³/mol. The topological polar surface area (TPSA) is 23.5 Å². The first-order valence-corrected chi connectivity index (χ1v) is 6.96. The molecule has 0 aliphatic carbocycles. The number of aliphatic hydroxyl groups excluding tert-OH is 1. The van der Waals surface area contributed by atoms with E-state index in [-0.39, 0.29) is 5.54 Å². The molecule has 3 heteroatoms. The molecule has 1 fully saturated rings. The second-order valence-electron chi connectivity index (χ2n) is 5.45. The molecule has 0 unspecified atom stereocenters. The second-order valence-corrected chi connectivity index (χ2v) is 6.30. The molecule has 1 atom stereocenters. The third-order valence-corrected chi connectivity index (χ3v) is 4.33. The second kappa shape index (κ2) is 4.62. The van der Waals surface area contributed by atoms with Crippen LogP contribution < -0.4 is 4.90 Å². The quantitative estimate of drug-likeness (QED) is 0.895. The SMILES string of the molecule is C[C@@H](O)c1ccc(N2CCCC2(C)C)cc1Br. The Kier molecular flexibility index (Phi) is 3.50. The fourth-order valence-electron chi connectivity index (χ4n) is 2.61. The number of rotatable bonds is 2. The normalized spacial score (nSPS) is 20.6. The molecule has 0 saturated carbocycles. The summed E-state index contributed by atoms with van der Waals surface area (Å²) in [4.78, 5) is 2.45. The van der Waals surface area contributed by atoms with Gasteiger partial charge in [0.05, 0.1) is 6.10 Å². The maximum absolute atomic E-state index is 9.62. The van der Waals surface area contributed by atoms with Crippen molar-refractivity contribution >= 4 is 21.6 Å². The summed E-state index contributed by atoms with van der Waals surface area (Å²) in [6, 6.07) is 6.24. The summed E-state index contributed by atoms with van der Waals surface area (Å²) in [5.74, 6) is 0. The van der Waals surface area contributed by atoms with Gasteiger partial charge >= 0.3 is 0 Å². The lowest BCUT2D eigenvalue weighted by molar-refractivity contribution is 0.198. The highest BCUT2D eigenvalue weighted by Gasteiger charge is 2.32. The number of benzene rings is 1. The highest BCUT2D eigenvalue weighted by molar-refractivity contribution is 9.10. The van der Waals surface area contributed by atoms with E-state index in [0.717, 1.165) is 16.6 Å². The number of aliphatic hydroxyl groups is 1. The van der Waals surface area contributed by atoms with Gasteiger partial charge in [0.15, 0.2) is 0 Å². The molecule has 17 heavy (non-hydrogen) atoms. The van der Waals surface area contributed by atoms with Gasteiger partial charge in [-0.15, -0.1) is 0 Å². The minimum atomic E-state index is -0.426. The van der Waals surface area contributed by atoms with E-state index in [4.69, 9.17) is 0 Å². The van der Waals surface area contributed by atoms with Crippen LogP contribution in [0.4, 0.5) is 5.69 Å². The van der Waals surface area contributed by atoms with Crippen LogP contribution in [0.15, 0.2) is 22.7 Å². The zero-order chi connectivity index (χ0) is 12.6. The molecular weight excluding hydrogens is 278 g/mol. The molecule has 0 spiro atoms. The summed E-state index contributed by atoms with van der Waals surface area (Å²) >= 11 is 3.55. The molecule has 1 saturated heterocycles. The summed E-state index contributed by atoms with van der Waals surface area (Å²) in [7, 11) is 0. The number of hydrogen-bond acceptors (Lipinski definition) is 2. The Morgan fingerprint density at radius 3 is 2.59 bits per heavy atom. The Bertz CT molecular complexity index is 415. The number of hydrogen-bond donors (Lipinski definition) is 1. The molecule has 1 aromatic carbocycles. The molecule has 1 N–H and O–H groups in total. The van der Waals surface area contributed by atoms with E-state index in [1.807, 2.05) is 6.07 Å². The van der Waals surface area contributed by atoms with Crippen LogP contribution in [-0.2, 0) is 0 Å². The molecule has 0 aromatic heterocycles. The van der Waals surface area contributed by atoms with Crippen molar-refractivity contribution in [1.82, 2.24) is 0 Å². The largest absolute Gasteiger partial charge is 0.389 e. The van der Waals surface area contributed by atoms with Gasteiger partial charge in [-0.3, -0.25) is 0 Å². The maximum Gasteiger partial charge on any atom is 0.0772 e. The number of anilines is 1. The zero-order valence-corrected chi connectivity index (χ0v) is 12.3. The Morgan fingerprint density at radius 2 is 2.12 bits per heavy atom. The Hall–Kier alpha value is -0.540. The minimum absolute atomic E-state index is 0.242. The Balaban J connectivity index is 2.32. The Labute approximate surface area is 112 Å². The first kappa shape index (κ1) is 12.9. The van der Waals surface area contributed by atoms with Gasteiger partial charge in [-0.05, 0) is 51.3 Å². The van der Waals surface area contributed by atoms with Crippen molar-refractivity contribution in [2.24, 2.45) is 0 Å². The van der Waals surface area contributed by atoms with Crippen LogP contribution in [0.3, 0.4) is 0 Å². The van der Waals surface area contributed by atoms with Crippen LogP contribution in [0.2, 0.25) is 0 Å². The van der Waals surface area contributed by atoms with Crippen molar-refractivity contribution in [3.63, 3.8) is 0 Å². The van der Waals surface area contributed by atoms with Crippen molar-refractivity contribution in [3.8, 4) is 0 Å². The van der Waals surface area contributed by atoms with Crippen LogP contribution in [-0.4, -0.2) is 17.2 Å². The first-order valence-electron chi connectivity index (χ1n) is 6.17. The molecular formula is C14H20BrNO. The molecule has 1 heterocycles.